The largest absolute Gasteiger partial charge is 0.488 e. The summed E-state index contributed by atoms with van der Waals surface area (Å²) in [6, 6.07) is 22.0. The molecule has 0 aliphatic carbocycles. The second-order valence-corrected chi connectivity index (χ2v) is 7.01. The van der Waals surface area contributed by atoms with E-state index in [0.717, 1.165) is 15.6 Å². The topological polar surface area (TPSA) is 50.7 Å². The van der Waals surface area contributed by atoms with Crippen molar-refractivity contribution in [2.24, 2.45) is 5.10 Å². The molecule has 4 nitrogen and oxygen atoms in total. The molecule has 0 aliphatic heterocycles. The summed E-state index contributed by atoms with van der Waals surface area (Å²) in [6.07, 6.45) is 1.56. The van der Waals surface area contributed by atoms with Gasteiger partial charge in [-0.1, -0.05) is 51.8 Å². The van der Waals surface area contributed by atoms with Crippen molar-refractivity contribution in [1.82, 2.24) is 5.43 Å². The molecule has 136 valence electrons. The minimum absolute atomic E-state index is 0.281. The lowest BCUT2D eigenvalue weighted by Crippen LogP contribution is -2.17. The molecule has 0 atom stereocenters. The smallest absolute Gasteiger partial charge is 0.271 e. The Balaban J connectivity index is 1.64. The monoisotopic (exact) mass is 442 g/mol. The second kappa shape index (κ2) is 9.35. The molecule has 0 unspecified atom stereocenters. The van der Waals surface area contributed by atoms with Crippen molar-refractivity contribution in [1.29, 1.82) is 0 Å². The fraction of sp³-hybridized carbons (Fsp3) is 0.0476. The standard InChI is InChI=1S/C21H16BrClN2O2/c22-18-10-8-16(9-11-18)21(26)25-24-13-17-5-1-2-7-20(17)27-14-15-4-3-6-19(23)12-15/h1-13H,14H2,(H,25,26)/b24-13-. The van der Waals surface area contributed by atoms with Crippen molar-refractivity contribution >= 4 is 39.7 Å². The average Bonchev–Trinajstić information content (AvgIpc) is 2.68. The van der Waals surface area contributed by atoms with Crippen LogP contribution >= 0.6 is 27.5 Å². The number of carbonyl (C=O) groups excluding carboxylic acids is 1. The van der Waals surface area contributed by atoms with Crippen LogP contribution in [0.15, 0.2) is 82.4 Å². The first-order valence-corrected chi connectivity index (χ1v) is 9.34. The number of carbonyl (C=O) groups is 1. The fourth-order valence-corrected chi connectivity index (χ4v) is 2.81. The van der Waals surface area contributed by atoms with Gasteiger partial charge in [-0.3, -0.25) is 4.79 Å². The van der Waals surface area contributed by atoms with Crippen LogP contribution in [0.25, 0.3) is 0 Å². The first kappa shape index (κ1) is 19.1. The third kappa shape index (κ3) is 5.67. The number of benzene rings is 3. The molecule has 0 heterocycles. The molecule has 0 saturated carbocycles. The van der Waals surface area contributed by atoms with Gasteiger partial charge in [-0.25, -0.2) is 5.43 Å². The zero-order valence-corrected chi connectivity index (χ0v) is 16.6. The van der Waals surface area contributed by atoms with Crippen molar-refractivity contribution in [3.8, 4) is 5.75 Å². The van der Waals surface area contributed by atoms with Gasteiger partial charge in [-0.15, -0.1) is 0 Å². The van der Waals surface area contributed by atoms with E-state index in [1.54, 1.807) is 30.5 Å². The summed E-state index contributed by atoms with van der Waals surface area (Å²) in [5.41, 5.74) is 4.78. The second-order valence-electron chi connectivity index (χ2n) is 5.66. The minimum Gasteiger partial charge on any atom is -0.488 e. The first-order chi connectivity index (χ1) is 13.1. The molecule has 6 heteroatoms. The van der Waals surface area contributed by atoms with Crippen LogP contribution in [0.2, 0.25) is 5.02 Å². The van der Waals surface area contributed by atoms with Crippen molar-refractivity contribution < 1.29 is 9.53 Å². The van der Waals surface area contributed by atoms with Crippen LogP contribution in [0.4, 0.5) is 0 Å². The lowest BCUT2D eigenvalue weighted by Gasteiger charge is -2.09. The number of hydrogen-bond donors (Lipinski definition) is 1. The zero-order chi connectivity index (χ0) is 19.1. The molecule has 0 aliphatic rings. The molecule has 1 amide bonds. The summed E-state index contributed by atoms with van der Waals surface area (Å²) in [6.45, 7) is 0.386. The molecular weight excluding hydrogens is 428 g/mol. The lowest BCUT2D eigenvalue weighted by molar-refractivity contribution is 0.0955. The summed E-state index contributed by atoms with van der Waals surface area (Å²) >= 11 is 9.33. The van der Waals surface area contributed by atoms with E-state index < -0.39 is 0 Å². The van der Waals surface area contributed by atoms with Gasteiger partial charge in [0.1, 0.15) is 12.4 Å². The molecule has 1 N–H and O–H groups in total. The number of rotatable bonds is 6. The Morgan fingerprint density at radius 1 is 1.07 bits per heavy atom. The number of hydrogen-bond acceptors (Lipinski definition) is 3. The number of nitrogens with zero attached hydrogens (tertiary/aromatic N) is 1. The molecule has 0 spiro atoms. The van der Waals surface area contributed by atoms with Crippen LogP contribution in [0.5, 0.6) is 5.75 Å². The quantitative estimate of drug-likeness (QED) is 0.407. The highest BCUT2D eigenvalue weighted by atomic mass is 79.9. The Morgan fingerprint density at radius 3 is 2.63 bits per heavy atom. The van der Waals surface area contributed by atoms with Gasteiger partial charge < -0.3 is 4.74 Å². The number of para-hydroxylation sites is 1. The van der Waals surface area contributed by atoms with Gasteiger partial charge in [0.2, 0.25) is 0 Å². The van der Waals surface area contributed by atoms with E-state index >= 15 is 0 Å². The van der Waals surface area contributed by atoms with Crippen LogP contribution in [-0.4, -0.2) is 12.1 Å². The van der Waals surface area contributed by atoms with Gasteiger partial charge in [-0.05, 0) is 54.1 Å². The Kier molecular flexibility index (Phi) is 6.63. The van der Waals surface area contributed by atoms with Crippen molar-refractivity contribution in [2.75, 3.05) is 0 Å². The van der Waals surface area contributed by atoms with E-state index in [-0.39, 0.29) is 5.91 Å². The molecule has 3 rings (SSSR count). The van der Waals surface area contributed by atoms with E-state index in [1.165, 1.54) is 0 Å². The molecule has 0 saturated heterocycles. The highest BCUT2D eigenvalue weighted by Crippen LogP contribution is 2.19. The van der Waals surface area contributed by atoms with Gasteiger partial charge in [0, 0.05) is 20.6 Å². The lowest BCUT2D eigenvalue weighted by atomic mass is 10.2. The van der Waals surface area contributed by atoms with E-state index in [1.807, 2.05) is 48.5 Å². The summed E-state index contributed by atoms with van der Waals surface area (Å²) in [5, 5.41) is 4.70. The van der Waals surface area contributed by atoms with E-state index in [9.17, 15) is 4.79 Å². The maximum Gasteiger partial charge on any atom is 0.271 e. The van der Waals surface area contributed by atoms with Gasteiger partial charge in [0.05, 0.1) is 6.21 Å². The van der Waals surface area contributed by atoms with Gasteiger partial charge in [-0.2, -0.15) is 5.10 Å². The number of hydrazone groups is 1. The number of nitrogens with one attached hydrogen (secondary N) is 1. The van der Waals surface area contributed by atoms with E-state index in [2.05, 4.69) is 26.5 Å². The highest BCUT2D eigenvalue weighted by molar-refractivity contribution is 9.10. The third-order valence-electron chi connectivity index (χ3n) is 3.68. The highest BCUT2D eigenvalue weighted by Gasteiger charge is 2.05. The molecule has 0 aromatic heterocycles. The number of halogens is 2. The maximum atomic E-state index is 12.1. The van der Waals surface area contributed by atoms with Gasteiger partial charge in [0.15, 0.2) is 0 Å². The van der Waals surface area contributed by atoms with Crippen molar-refractivity contribution in [3.63, 3.8) is 0 Å². The number of amides is 1. The van der Waals surface area contributed by atoms with Crippen molar-refractivity contribution in [2.45, 2.75) is 6.61 Å². The molecule has 3 aromatic carbocycles. The van der Waals surface area contributed by atoms with Crippen LogP contribution < -0.4 is 10.2 Å². The zero-order valence-electron chi connectivity index (χ0n) is 14.2. The van der Waals surface area contributed by atoms with Gasteiger partial charge in [0.25, 0.3) is 5.91 Å². The molecule has 0 fully saturated rings. The molecule has 27 heavy (non-hydrogen) atoms. The van der Waals surface area contributed by atoms with Gasteiger partial charge >= 0.3 is 0 Å². The Hall–Kier alpha value is -2.63. The van der Waals surface area contributed by atoms with Crippen LogP contribution in [0.3, 0.4) is 0 Å². The van der Waals surface area contributed by atoms with E-state index in [4.69, 9.17) is 16.3 Å². The first-order valence-electron chi connectivity index (χ1n) is 8.17. The summed E-state index contributed by atoms with van der Waals surface area (Å²) in [7, 11) is 0. The Bertz CT molecular complexity index is 958. The third-order valence-corrected chi connectivity index (χ3v) is 4.44. The molecular formula is C21H16BrClN2O2. The predicted octanol–water partition coefficient (Wildman–Crippen LogP) is 5.45. The average molecular weight is 444 g/mol. The fourth-order valence-electron chi connectivity index (χ4n) is 2.33. The summed E-state index contributed by atoms with van der Waals surface area (Å²) in [4.78, 5) is 12.1. The van der Waals surface area contributed by atoms with Crippen molar-refractivity contribution in [3.05, 3.63) is 99.0 Å². The van der Waals surface area contributed by atoms with E-state index in [0.29, 0.717) is 22.9 Å². The maximum absolute atomic E-state index is 12.1. The normalized spacial score (nSPS) is 10.7. The van der Waals surface area contributed by atoms with Crippen LogP contribution in [0, 0.1) is 0 Å². The summed E-state index contributed by atoms with van der Waals surface area (Å²) < 4.78 is 6.78. The van der Waals surface area contributed by atoms with Crippen LogP contribution in [-0.2, 0) is 6.61 Å². The van der Waals surface area contributed by atoms with Crippen LogP contribution in [0.1, 0.15) is 21.5 Å². The molecule has 0 bridgehead atoms. The molecule has 0 radical (unpaired) electrons. The summed E-state index contributed by atoms with van der Waals surface area (Å²) in [5.74, 6) is 0.384. The Morgan fingerprint density at radius 2 is 1.85 bits per heavy atom. The number of ether oxygens (including phenoxy) is 1. The SMILES string of the molecule is O=C(N/N=C\c1ccccc1OCc1cccc(Cl)c1)c1ccc(Br)cc1. The molecule has 3 aromatic rings. The predicted molar refractivity (Wildman–Crippen MR) is 111 cm³/mol. The minimum atomic E-state index is -0.281. The Labute approximate surface area is 171 Å².